The van der Waals surface area contributed by atoms with Gasteiger partial charge in [0.1, 0.15) is 0 Å². The highest BCUT2D eigenvalue weighted by Gasteiger charge is 2.25. The standard InChI is InChI=1S/C17H16BrNO4S/c1-3-11-19(13-7-5-4-6-8-13)24(21,22)14-9-10-16(18)15(12-14)17(20)23-2/h3-10,12H,1,11H2,2H3. The first-order chi connectivity index (χ1) is 11.4. The van der Waals surface area contributed by atoms with Gasteiger partial charge < -0.3 is 4.74 Å². The van der Waals surface area contributed by atoms with Crippen LogP contribution in [0.2, 0.25) is 0 Å². The smallest absolute Gasteiger partial charge is 0.339 e. The molecule has 5 nitrogen and oxygen atoms in total. The molecule has 2 rings (SSSR count). The summed E-state index contributed by atoms with van der Waals surface area (Å²) < 4.78 is 32.4. The molecule has 0 radical (unpaired) electrons. The second kappa shape index (κ2) is 7.63. The maximum Gasteiger partial charge on any atom is 0.339 e. The summed E-state index contributed by atoms with van der Waals surface area (Å²) in [7, 11) is -2.62. The highest BCUT2D eigenvalue weighted by Crippen LogP contribution is 2.27. The molecule has 0 atom stereocenters. The summed E-state index contributed by atoms with van der Waals surface area (Å²) in [6.45, 7) is 3.73. The van der Waals surface area contributed by atoms with Crippen molar-refractivity contribution in [2.75, 3.05) is 18.0 Å². The van der Waals surface area contributed by atoms with Gasteiger partial charge in [-0.15, -0.1) is 6.58 Å². The van der Waals surface area contributed by atoms with Crippen LogP contribution in [0.4, 0.5) is 5.69 Å². The topological polar surface area (TPSA) is 63.7 Å². The predicted octanol–water partition coefficient (Wildman–Crippen LogP) is 3.62. The molecule has 0 amide bonds. The molecule has 2 aromatic rings. The molecule has 0 saturated carbocycles. The first-order valence-corrected chi connectivity index (χ1v) is 9.21. The minimum atomic E-state index is -3.86. The number of esters is 1. The molecule has 0 spiro atoms. The summed E-state index contributed by atoms with van der Waals surface area (Å²) in [5, 5.41) is 0. The third-order valence-corrected chi connectivity index (χ3v) is 5.75. The van der Waals surface area contributed by atoms with E-state index in [1.807, 2.05) is 0 Å². The van der Waals surface area contributed by atoms with Crippen LogP contribution in [0.5, 0.6) is 0 Å². The molecule has 0 aliphatic heterocycles. The Hall–Kier alpha value is -2.12. The molecule has 0 aromatic heterocycles. The fourth-order valence-corrected chi connectivity index (χ4v) is 3.98. The first-order valence-electron chi connectivity index (χ1n) is 6.98. The minimum absolute atomic E-state index is 0.00296. The summed E-state index contributed by atoms with van der Waals surface area (Å²) in [4.78, 5) is 11.8. The number of methoxy groups -OCH3 is 1. The zero-order chi connectivity index (χ0) is 17.7. The highest BCUT2D eigenvalue weighted by atomic mass is 79.9. The fourth-order valence-electron chi connectivity index (χ4n) is 2.11. The van der Waals surface area contributed by atoms with E-state index in [0.29, 0.717) is 10.2 Å². The summed E-state index contributed by atoms with van der Waals surface area (Å²) in [5.74, 6) is -0.617. The Kier molecular flexibility index (Phi) is 5.80. The van der Waals surface area contributed by atoms with Crippen molar-refractivity contribution < 1.29 is 17.9 Å². The van der Waals surface area contributed by atoms with Gasteiger partial charge in [0.25, 0.3) is 10.0 Å². The molecule has 0 fully saturated rings. The van der Waals surface area contributed by atoms with Crippen molar-refractivity contribution in [2.45, 2.75) is 4.90 Å². The second-order valence-corrected chi connectivity index (χ2v) is 7.51. The molecule has 0 N–H and O–H groups in total. The van der Waals surface area contributed by atoms with Gasteiger partial charge in [0, 0.05) is 4.47 Å². The lowest BCUT2D eigenvalue weighted by molar-refractivity contribution is 0.0599. The molecular weight excluding hydrogens is 394 g/mol. The van der Waals surface area contributed by atoms with Gasteiger partial charge in [-0.1, -0.05) is 24.3 Å². The minimum Gasteiger partial charge on any atom is -0.465 e. The number of hydrogen-bond donors (Lipinski definition) is 0. The van der Waals surface area contributed by atoms with Crippen LogP contribution in [0.1, 0.15) is 10.4 Å². The van der Waals surface area contributed by atoms with Crippen LogP contribution in [0, 0.1) is 0 Å². The normalized spacial score (nSPS) is 10.9. The average Bonchev–Trinajstić information content (AvgIpc) is 2.59. The number of halogens is 1. The third-order valence-electron chi connectivity index (χ3n) is 3.27. The molecule has 0 aliphatic carbocycles. The van der Waals surface area contributed by atoms with Crippen molar-refractivity contribution in [1.82, 2.24) is 0 Å². The van der Waals surface area contributed by atoms with Crippen molar-refractivity contribution in [3.05, 3.63) is 71.2 Å². The van der Waals surface area contributed by atoms with E-state index in [-0.39, 0.29) is 17.0 Å². The van der Waals surface area contributed by atoms with Crippen LogP contribution in [-0.2, 0) is 14.8 Å². The Bertz CT molecular complexity index is 850. The number of carbonyl (C=O) groups excluding carboxylic acids is 1. The van der Waals surface area contributed by atoms with Gasteiger partial charge in [-0.25, -0.2) is 13.2 Å². The molecule has 7 heteroatoms. The van der Waals surface area contributed by atoms with Gasteiger partial charge in [0.2, 0.25) is 0 Å². The van der Waals surface area contributed by atoms with E-state index in [2.05, 4.69) is 27.2 Å². The predicted molar refractivity (Wildman–Crippen MR) is 96.7 cm³/mol. The Morgan fingerprint density at radius 1 is 1.25 bits per heavy atom. The SMILES string of the molecule is C=CCN(c1ccccc1)S(=O)(=O)c1ccc(Br)c(C(=O)OC)c1. The molecule has 0 aliphatic rings. The van der Waals surface area contributed by atoms with Gasteiger partial charge in [-0.3, -0.25) is 4.31 Å². The Morgan fingerprint density at radius 2 is 1.92 bits per heavy atom. The zero-order valence-electron chi connectivity index (χ0n) is 13.0. The largest absolute Gasteiger partial charge is 0.465 e. The van der Waals surface area contributed by atoms with Crippen molar-refractivity contribution in [3.8, 4) is 0 Å². The lowest BCUT2D eigenvalue weighted by atomic mass is 10.2. The molecule has 24 heavy (non-hydrogen) atoms. The molecule has 0 bridgehead atoms. The first kappa shape index (κ1) is 18.2. The number of hydrogen-bond acceptors (Lipinski definition) is 4. The Morgan fingerprint density at radius 3 is 2.50 bits per heavy atom. The number of benzene rings is 2. The quantitative estimate of drug-likeness (QED) is 0.539. The zero-order valence-corrected chi connectivity index (χ0v) is 15.4. The fraction of sp³-hybridized carbons (Fsp3) is 0.118. The number of ether oxygens (including phenoxy) is 1. The second-order valence-electron chi connectivity index (χ2n) is 4.79. The van der Waals surface area contributed by atoms with Gasteiger partial charge >= 0.3 is 5.97 Å². The van der Waals surface area contributed by atoms with Gasteiger partial charge in [0.05, 0.1) is 29.8 Å². The van der Waals surface area contributed by atoms with Crippen LogP contribution in [0.15, 0.2) is 70.6 Å². The monoisotopic (exact) mass is 409 g/mol. The lowest BCUT2D eigenvalue weighted by Gasteiger charge is -2.23. The maximum atomic E-state index is 13.0. The van der Waals surface area contributed by atoms with E-state index >= 15 is 0 Å². The maximum absolute atomic E-state index is 13.0. The third kappa shape index (κ3) is 3.68. The molecule has 126 valence electrons. The van der Waals surface area contributed by atoms with E-state index in [1.165, 1.54) is 35.7 Å². The number of rotatable bonds is 6. The highest BCUT2D eigenvalue weighted by molar-refractivity contribution is 9.10. The van der Waals surface area contributed by atoms with E-state index in [0.717, 1.165) is 0 Å². The number of nitrogens with zero attached hydrogens (tertiary/aromatic N) is 1. The van der Waals surface area contributed by atoms with E-state index in [9.17, 15) is 13.2 Å². The Labute approximate surface area is 149 Å². The van der Waals surface area contributed by atoms with Crippen molar-refractivity contribution in [2.24, 2.45) is 0 Å². The van der Waals surface area contributed by atoms with Crippen molar-refractivity contribution in [3.63, 3.8) is 0 Å². The van der Waals surface area contributed by atoms with Crippen LogP contribution in [-0.4, -0.2) is 28.0 Å². The Balaban J connectivity index is 2.55. The van der Waals surface area contributed by atoms with Crippen LogP contribution < -0.4 is 4.31 Å². The van der Waals surface area contributed by atoms with E-state index in [4.69, 9.17) is 0 Å². The van der Waals surface area contributed by atoms with E-state index in [1.54, 1.807) is 30.3 Å². The average molecular weight is 410 g/mol. The molecule has 0 saturated heterocycles. The van der Waals surface area contributed by atoms with Crippen molar-refractivity contribution >= 4 is 37.6 Å². The number of anilines is 1. The summed E-state index contributed by atoms with van der Waals surface area (Å²) in [5.41, 5.74) is 0.658. The molecule has 0 heterocycles. The molecule has 0 unspecified atom stereocenters. The lowest BCUT2D eigenvalue weighted by Crippen LogP contribution is -2.31. The molecule has 2 aromatic carbocycles. The van der Waals surface area contributed by atoms with Crippen LogP contribution in [0.25, 0.3) is 0 Å². The summed E-state index contributed by atoms with van der Waals surface area (Å²) in [6.07, 6.45) is 1.50. The number of carbonyl (C=O) groups is 1. The number of sulfonamides is 1. The number of para-hydroxylation sites is 1. The van der Waals surface area contributed by atoms with Gasteiger partial charge in [-0.2, -0.15) is 0 Å². The van der Waals surface area contributed by atoms with E-state index < -0.39 is 16.0 Å². The van der Waals surface area contributed by atoms with Crippen LogP contribution in [0.3, 0.4) is 0 Å². The van der Waals surface area contributed by atoms with Crippen molar-refractivity contribution in [1.29, 1.82) is 0 Å². The van der Waals surface area contributed by atoms with Gasteiger partial charge in [-0.05, 0) is 46.3 Å². The van der Waals surface area contributed by atoms with Gasteiger partial charge in [0.15, 0.2) is 0 Å². The summed E-state index contributed by atoms with van der Waals surface area (Å²) >= 11 is 3.23. The summed E-state index contributed by atoms with van der Waals surface area (Å²) in [6, 6.07) is 12.9. The van der Waals surface area contributed by atoms with Crippen LogP contribution >= 0.6 is 15.9 Å². The molecular formula is C17H16BrNO4S.